The zero-order chi connectivity index (χ0) is 3.58. The van der Waals surface area contributed by atoms with Crippen LogP contribution in [0.3, 0.4) is 0 Å². The minimum absolute atomic E-state index is 0.269. The first-order valence-electron chi connectivity index (χ1n) is 1.00. The van der Waals surface area contributed by atoms with E-state index in [-0.39, 0.29) is 7.83 Å². The molecule has 0 aliphatic heterocycles. The molecule has 0 fully saturated rings. The van der Waals surface area contributed by atoms with Crippen molar-refractivity contribution < 1.29 is 0 Å². The fraction of sp³-hybridized carbons (Fsp3) is 1.00. The second kappa shape index (κ2) is 1.92. The van der Waals surface area contributed by atoms with E-state index in [4.69, 9.17) is 0 Å². The SMILES string of the molecule is C[Si-]([Si])[Si]. The Balaban J connectivity index is 2.32. The summed E-state index contributed by atoms with van der Waals surface area (Å²) in [6.45, 7) is 2.10. The molecule has 0 atom stereocenters. The molecule has 6 radical (unpaired) electrons. The van der Waals surface area contributed by atoms with Crippen molar-refractivity contribution in [2.45, 2.75) is 6.55 Å². The van der Waals surface area contributed by atoms with E-state index >= 15 is 0 Å². The van der Waals surface area contributed by atoms with Crippen molar-refractivity contribution in [2.24, 2.45) is 0 Å². The summed E-state index contributed by atoms with van der Waals surface area (Å²) in [5, 5.41) is 0. The van der Waals surface area contributed by atoms with Crippen molar-refractivity contribution in [1.82, 2.24) is 0 Å². The van der Waals surface area contributed by atoms with Gasteiger partial charge in [0.25, 0.3) is 0 Å². The Hall–Kier alpha value is 0.651. The Morgan fingerprint density at radius 3 is 1.50 bits per heavy atom. The molecule has 0 aromatic carbocycles. The van der Waals surface area contributed by atoms with Crippen LogP contribution in [0.25, 0.3) is 0 Å². The third-order valence-electron chi connectivity index (χ3n) is 0. The largest absolute Gasteiger partial charge is 0.291 e. The van der Waals surface area contributed by atoms with E-state index in [2.05, 4.69) is 26.1 Å². The van der Waals surface area contributed by atoms with Crippen molar-refractivity contribution in [3.05, 3.63) is 0 Å². The van der Waals surface area contributed by atoms with Gasteiger partial charge in [-0.3, -0.25) is 7.83 Å². The normalized spacial score (nSPS) is 9.00. The van der Waals surface area contributed by atoms with Crippen LogP contribution in [0.4, 0.5) is 0 Å². The molecule has 0 bridgehead atoms. The molecule has 4 heavy (non-hydrogen) atoms. The maximum atomic E-state index is 3.33. The van der Waals surface area contributed by atoms with Crippen LogP contribution in [0, 0.1) is 0 Å². The molecule has 3 heteroatoms. The first kappa shape index (κ1) is 4.65. The fourth-order valence-corrected chi connectivity index (χ4v) is 0. The minimum atomic E-state index is -0.269. The molecule has 0 heterocycles. The standard InChI is InChI=1S/CH3Si3/c1-4(2)3/h1H3/q-1. The molecule has 0 N–H and O–H groups in total. The van der Waals surface area contributed by atoms with Gasteiger partial charge in [0, 0.05) is 0 Å². The lowest BCUT2D eigenvalue weighted by Crippen LogP contribution is -2.03. The van der Waals surface area contributed by atoms with Crippen LogP contribution in [-0.2, 0) is 0 Å². The van der Waals surface area contributed by atoms with Gasteiger partial charge < -0.3 is 0 Å². The van der Waals surface area contributed by atoms with Crippen LogP contribution in [0.1, 0.15) is 0 Å². The van der Waals surface area contributed by atoms with Crippen molar-refractivity contribution in [1.29, 1.82) is 0 Å². The highest BCUT2D eigenvalue weighted by atomic mass is 29.5. The third-order valence-corrected chi connectivity index (χ3v) is 0. The lowest BCUT2D eigenvalue weighted by atomic mass is 11.9. The number of hydrogen-bond donors (Lipinski definition) is 0. The summed E-state index contributed by atoms with van der Waals surface area (Å²) in [5.41, 5.74) is 0. The summed E-state index contributed by atoms with van der Waals surface area (Å²) in [6, 6.07) is 0. The molecule has 0 nitrogen and oxygen atoms in total. The highest BCUT2D eigenvalue weighted by Crippen LogP contribution is 1.48. The second-order valence-corrected chi connectivity index (χ2v) is 7.88. The number of hydrogen-bond acceptors (Lipinski definition) is 0. The van der Waals surface area contributed by atoms with Crippen LogP contribution in [0.2, 0.25) is 6.55 Å². The average molecular weight is 99.3 g/mol. The zero-order valence-electron chi connectivity index (χ0n) is 2.50. The first-order chi connectivity index (χ1) is 1.73. The molecule has 0 spiro atoms. The zero-order valence-corrected chi connectivity index (χ0v) is 5.50. The molecule has 20 valence electrons. The van der Waals surface area contributed by atoms with Crippen LogP contribution in [-0.4, -0.2) is 27.4 Å². The van der Waals surface area contributed by atoms with Gasteiger partial charge >= 0.3 is 0 Å². The van der Waals surface area contributed by atoms with Gasteiger partial charge in [-0.05, 0) is 0 Å². The smallest absolute Gasteiger partial charge is 0.198 e. The van der Waals surface area contributed by atoms with E-state index in [9.17, 15) is 0 Å². The topological polar surface area (TPSA) is 0 Å². The van der Waals surface area contributed by atoms with E-state index in [1.807, 2.05) is 0 Å². The van der Waals surface area contributed by atoms with Gasteiger partial charge in [-0.1, -0.05) is 0 Å². The summed E-state index contributed by atoms with van der Waals surface area (Å²) in [7, 11) is 6.39. The minimum Gasteiger partial charge on any atom is -0.291 e. The van der Waals surface area contributed by atoms with E-state index < -0.39 is 0 Å². The summed E-state index contributed by atoms with van der Waals surface area (Å²) < 4.78 is 0. The molecule has 0 aliphatic carbocycles. The van der Waals surface area contributed by atoms with Crippen LogP contribution in [0.15, 0.2) is 0 Å². The van der Waals surface area contributed by atoms with Crippen LogP contribution < -0.4 is 0 Å². The fourth-order valence-electron chi connectivity index (χ4n) is 0. The molecule has 0 saturated carbocycles. The van der Waals surface area contributed by atoms with Gasteiger partial charge in [-0.15, -0.1) is 0 Å². The Morgan fingerprint density at radius 2 is 1.50 bits per heavy atom. The number of rotatable bonds is 0. The second-order valence-electron chi connectivity index (χ2n) is 0.625. The molecule has 0 amide bonds. The van der Waals surface area contributed by atoms with Gasteiger partial charge in [0.1, 0.15) is 0 Å². The molecule has 0 unspecified atom stereocenters. The molecule has 0 aromatic rings. The lowest BCUT2D eigenvalue weighted by Gasteiger charge is -1.99. The monoisotopic (exact) mass is 99.0 g/mol. The predicted octanol–water partition coefficient (Wildman–Crippen LogP) is -0.559. The average Bonchev–Trinajstić information content (AvgIpc) is 0.811. The maximum absolute atomic E-state index is 3.33. The Bertz CT molecular complexity index is 8.00. The highest BCUT2D eigenvalue weighted by molar-refractivity contribution is 7.28. The van der Waals surface area contributed by atoms with E-state index in [1.54, 1.807) is 0 Å². The van der Waals surface area contributed by atoms with Gasteiger partial charge in [-0.25, -0.2) is 19.5 Å². The molecule has 0 aromatic heterocycles. The van der Waals surface area contributed by atoms with E-state index in [1.165, 1.54) is 0 Å². The summed E-state index contributed by atoms with van der Waals surface area (Å²) in [4.78, 5) is 0. The van der Waals surface area contributed by atoms with Crippen molar-refractivity contribution in [3.8, 4) is 0 Å². The van der Waals surface area contributed by atoms with Crippen molar-refractivity contribution in [2.75, 3.05) is 0 Å². The van der Waals surface area contributed by atoms with Gasteiger partial charge in [-0.2, -0.15) is 6.55 Å². The molecule has 0 saturated heterocycles. The van der Waals surface area contributed by atoms with Gasteiger partial charge in [0.15, 0.2) is 0 Å². The Labute approximate surface area is 34.6 Å². The first-order valence-corrected chi connectivity index (χ1v) is 6.00. The van der Waals surface area contributed by atoms with Gasteiger partial charge in [0.2, 0.25) is 0 Å². The maximum Gasteiger partial charge on any atom is -0.198 e. The molecular weight excluding hydrogens is 96.3 g/mol. The summed E-state index contributed by atoms with van der Waals surface area (Å²) in [5.74, 6) is 0. The quantitative estimate of drug-likeness (QED) is 0.357. The highest BCUT2D eigenvalue weighted by Gasteiger charge is 1.48. The van der Waals surface area contributed by atoms with Crippen LogP contribution in [0.5, 0.6) is 0 Å². The predicted molar refractivity (Wildman–Crippen MR) is 23.1 cm³/mol. The van der Waals surface area contributed by atoms with Crippen molar-refractivity contribution in [3.63, 3.8) is 0 Å². The van der Waals surface area contributed by atoms with E-state index in [0.29, 0.717) is 0 Å². The Morgan fingerprint density at radius 1 is 1.50 bits per heavy atom. The molecular formula is CH3Si3-. The molecule has 0 aliphatic rings. The van der Waals surface area contributed by atoms with Crippen molar-refractivity contribution >= 4 is 27.4 Å². The van der Waals surface area contributed by atoms with Crippen LogP contribution >= 0.6 is 0 Å². The Kier molecular flexibility index (Phi) is 2.24. The van der Waals surface area contributed by atoms with E-state index in [0.717, 1.165) is 0 Å². The third kappa shape index (κ3) is 17.1. The summed E-state index contributed by atoms with van der Waals surface area (Å²) >= 11 is 0. The summed E-state index contributed by atoms with van der Waals surface area (Å²) in [6.07, 6.45) is 0. The lowest BCUT2D eigenvalue weighted by molar-refractivity contribution is 2.34. The molecule has 0 rings (SSSR count). The van der Waals surface area contributed by atoms with Gasteiger partial charge in [0.05, 0.1) is 0 Å².